The van der Waals surface area contributed by atoms with Crippen molar-refractivity contribution in [1.29, 1.82) is 0 Å². The average Bonchev–Trinajstić information content (AvgIpc) is 3.71. The lowest BCUT2D eigenvalue weighted by Crippen LogP contribution is -2.63. The first-order valence-electron chi connectivity index (χ1n) is 17.8. The van der Waals surface area contributed by atoms with Crippen LogP contribution in [0.3, 0.4) is 0 Å². The van der Waals surface area contributed by atoms with E-state index in [1.54, 1.807) is 49.8 Å². The van der Waals surface area contributed by atoms with Crippen LogP contribution < -0.4 is 10.2 Å². The summed E-state index contributed by atoms with van der Waals surface area (Å²) in [5.74, 6) is -1.69. The summed E-state index contributed by atoms with van der Waals surface area (Å²) in [5.41, 5.74) is 4.11. The highest BCUT2D eigenvalue weighted by Crippen LogP contribution is 2.37. The third-order valence-electron chi connectivity index (χ3n) is 10.5. The van der Waals surface area contributed by atoms with Crippen molar-refractivity contribution in [3.8, 4) is 5.69 Å². The number of nitrogens with one attached hydrogen (secondary N) is 1. The first-order valence-corrected chi connectivity index (χ1v) is 17.8. The lowest BCUT2D eigenvalue weighted by molar-refractivity contribution is 0.0500. The van der Waals surface area contributed by atoms with Gasteiger partial charge in [-0.15, -0.1) is 0 Å². The third-order valence-corrected chi connectivity index (χ3v) is 10.5. The van der Waals surface area contributed by atoms with Crippen molar-refractivity contribution in [2.24, 2.45) is 0 Å². The Kier molecular flexibility index (Phi) is 8.60. The molecule has 3 atom stereocenters. The van der Waals surface area contributed by atoms with Crippen LogP contribution in [0.25, 0.3) is 27.2 Å². The van der Waals surface area contributed by atoms with Gasteiger partial charge in [-0.1, -0.05) is 55.5 Å². The van der Waals surface area contributed by atoms with Crippen molar-refractivity contribution in [2.75, 3.05) is 11.5 Å². The van der Waals surface area contributed by atoms with E-state index in [4.69, 9.17) is 0 Å². The fraction of sp³-hybridized carbons (Fsp3) is 0.214. The summed E-state index contributed by atoms with van der Waals surface area (Å²) >= 11 is 0. The predicted octanol–water partition coefficient (Wildman–Crippen LogP) is 6.13. The van der Waals surface area contributed by atoms with Crippen molar-refractivity contribution in [3.05, 3.63) is 138 Å². The number of benzene rings is 5. The number of hydrogen-bond donors (Lipinski definition) is 2. The van der Waals surface area contributed by atoms with E-state index in [0.29, 0.717) is 45.9 Å². The normalized spacial score (nSPS) is 15.7. The number of rotatable bonds is 11. The molecule has 11 heteroatoms. The molecule has 0 saturated heterocycles. The van der Waals surface area contributed by atoms with Gasteiger partial charge >= 0.3 is 0 Å². The van der Waals surface area contributed by atoms with E-state index in [0.717, 1.165) is 27.7 Å². The molecule has 1 aromatic heterocycles. The van der Waals surface area contributed by atoms with Gasteiger partial charge in [0.15, 0.2) is 0 Å². The fourth-order valence-electron chi connectivity index (χ4n) is 8.06. The molecular formula is C42H38N6O5. The van der Waals surface area contributed by atoms with Gasteiger partial charge < -0.3 is 14.6 Å². The maximum absolute atomic E-state index is 14.5. The van der Waals surface area contributed by atoms with E-state index in [1.165, 1.54) is 9.80 Å². The number of aromatic nitrogens is 2. The fourth-order valence-corrected chi connectivity index (χ4v) is 8.06. The lowest BCUT2D eigenvalue weighted by atomic mass is 9.90. The Labute approximate surface area is 306 Å². The molecule has 0 radical (unpaired) electrons. The summed E-state index contributed by atoms with van der Waals surface area (Å²) in [5, 5.41) is 15.9. The Morgan fingerprint density at radius 2 is 1.32 bits per heavy atom. The molecule has 3 unspecified atom stereocenters. The predicted molar refractivity (Wildman–Crippen MR) is 202 cm³/mol. The van der Waals surface area contributed by atoms with Gasteiger partial charge in [0.1, 0.15) is 6.17 Å². The Balaban J connectivity index is 1.14. The monoisotopic (exact) mass is 706 g/mol. The van der Waals surface area contributed by atoms with E-state index in [9.17, 15) is 24.3 Å². The van der Waals surface area contributed by atoms with Gasteiger partial charge in [0.2, 0.25) is 0 Å². The number of para-hydroxylation sites is 1. The molecule has 0 saturated carbocycles. The molecule has 6 aromatic rings. The van der Waals surface area contributed by atoms with Gasteiger partial charge in [0.05, 0.1) is 24.3 Å². The molecule has 8 rings (SSSR count). The molecule has 5 aromatic carbocycles. The molecule has 2 aliphatic rings. The molecular weight excluding hydrogens is 668 g/mol. The van der Waals surface area contributed by atoms with Crippen LogP contribution in [-0.2, 0) is 6.42 Å². The van der Waals surface area contributed by atoms with Crippen LogP contribution in [0.2, 0.25) is 0 Å². The highest BCUT2D eigenvalue weighted by atomic mass is 16.3. The van der Waals surface area contributed by atoms with Crippen LogP contribution in [0.4, 0.5) is 5.69 Å². The quantitative estimate of drug-likeness (QED) is 0.122. The summed E-state index contributed by atoms with van der Waals surface area (Å²) in [4.78, 5) is 65.8. The summed E-state index contributed by atoms with van der Waals surface area (Å²) in [6.07, 6.45) is 3.99. The SMILES string of the molecule is CCC(NC(C)N1C(=O)c2cccc3c(CCO)ccc(c23)C1=O)N(c1ccccc1)C(C)N1C(=O)c2cccc3c(-n4ccnc4)ccc(c23)C1=O. The first kappa shape index (κ1) is 33.9. The van der Waals surface area contributed by atoms with Gasteiger partial charge in [-0.25, -0.2) is 4.98 Å². The number of aliphatic hydroxyl groups excluding tert-OH is 1. The number of imidazole rings is 1. The molecule has 0 spiro atoms. The van der Waals surface area contributed by atoms with Crippen LogP contribution in [0.15, 0.2) is 110 Å². The van der Waals surface area contributed by atoms with E-state index in [-0.39, 0.29) is 6.61 Å². The van der Waals surface area contributed by atoms with E-state index >= 15 is 0 Å². The van der Waals surface area contributed by atoms with Crippen LogP contribution in [-0.4, -0.2) is 73.2 Å². The molecule has 2 aliphatic heterocycles. The van der Waals surface area contributed by atoms with E-state index in [1.807, 2.05) is 90.2 Å². The number of hydrogen-bond acceptors (Lipinski definition) is 8. The third kappa shape index (κ3) is 5.39. The minimum atomic E-state index is -0.786. The van der Waals surface area contributed by atoms with Crippen LogP contribution in [0.5, 0.6) is 0 Å². The van der Waals surface area contributed by atoms with Gasteiger partial charge in [0, 0.05) is 63.1 Å². The van der Waals surface area contributed by atoms with Crippen LogP contribution >= 0.6 is 0 Å². The van der Waals surface area contributed by atoms with Crippen molar-refractivity contribution >= 4 is 50.9 Å². The highest BCUT2D eigenvalue weighted by molar-refractivity contribution is 6.27. The van der Waals surface area contributed by atoms with Crippen molar-refractivity contribution in [3.63, 3.8) is 0 Å². The van der Waals surface area contributed by atoms with E-state index in [2.05, 4.69) is 10.3 Å². The molecule has 0 bridgehead atoms. The second-order valence-electron chi connectivity index (χ2n) is 13.4. The molecule has 53 heavy (non-hydrogen) atoms. The number of amides is 4. The van der Waals surface area contributed by atoms with Gasteiger partial charge in [0.25, 0.3) is 23.6 Å². The summed E-state index contributed by atoms with van der Waals surface area (Å²) < 4.78 is 1.86. The molecule has 2 N–H and O–H groups in total. The maximum Gasteiger partial charge on any atom is 0.263 e. The smallest absolute Gasteiger partial charge is 0.263 e. The van der Waals surface area contributed by atoms with Crippen molar-refractivity contribution < 1.29 is 24.3 Å². The van der Waals surface area contributed by atoms with Gasteiger partial charge in [-0.3, -0.25) is 34.3 Å². The zero-order valence-corrected chi connectivity index (χ0v) is 29.6. The molecule has 4 amide bonds. The molecule has 3 heterocycles. The zero-order chi connectivity index (χ0) is 37.0. The maximum atomic E-state index is 14.5. The Bertz CT molecular complexity index is 2380. The molecule has 266 valence electrons. The summed E-state index contributed by atoms with van der Waals surface area (Å²) in [7, 11) is 0. The van der Waals surface area contributed by atoms with Crippen LogP contribution in [0, 0.1) is 0 Å². The zero-order valence-electron chi connectivity index (χ0n) is 29.6. The van der Waals surface area contributed by atoms with Crippen molar-refractivity contribution in [1.82, 2.24) is 24.7 Å². The topological polar surface area (TPSA) is 128 Å². The molecule has 0 aliphatic carbocycles. The standard InChI is InChI=1S/C42H38N6O5/c1-4-36(44-25(2)46-39(50)31-14-8-12-29-27(20-23-49)16-17-33(37(29)31)40(46)51)47(28-10-6-5-7-11-28)26(3)48-41(52)32-15-9-13-30-35(45-22-21-43-24-45)19-18-34(38(30)32)42(48)53/h5-19,21-22,24-26,36,44,49H,4,20,23H2,1-3H3. The second kappa shape index (κ2) is 13.4. The number of imide groups is 2. The van der Waals surface area contributed by atoms with Gasteiger partial charge in [-0.05, 0) is 80.1 Å². The Morgan fingerprint density at radius 1 is 0.717 bits per heavy atom. The molecule has 0 fully saturated rings. The minimum Gasteiger partial charge on any atom is -0.396 e. The number of nitrogens with zero attached hydrogens (tertiary/aromatic N) is 5. The number of aliphatic hydroxyl groups is 1. The molecule has 11 nitrogen and oxygen atoms in total. The van der Waals surface area contributed by atoms with Crippen molar-refractivity contribution in [2.45, 2.75) is 52.1 Å². The second-order valence-corrected chi connectivity index (χ2v) is 13.4. The number of carbonyl (C=O) groups excluding carboxylic acids is 4. The van der Waals surface area contributed by atoms with Crippen LogP contribution in [0.1, 0.15) is 74.2 Å². The average molecular weight is 707 g/mol. The Morgan fingerprint density at radius 3 is 1.94 bits per heavy atom. The van der Waals surface area contributed by atoms with Gasteiger partial charge in [-0.2, -0.15) is 0 Å². The largest absolute Gasteiger partial charge is 0.396 e. The van der Waals surface area contributed by atoms with E-state index < -0.39 is 42.1 Å². The summed E-state index contributed by atoms with van der Waals surface area (Å²) in [6, 6.07) is 27.6. The number of carbonyl (C=O) groups is 4. The first-order chi connectivity index (χ1) is 25.7. The highest BCUT2D eigenvalue weighted by Gasteiger charge is 2.42. The number of anilines is 1. The summed E-state index contributed by atoms with van der Waals surface area (Å²) in [6.45, 7) is 5.51. The Hall–Kier alpha value is -6.17. The lowest BCUT2D eigenvalue weighted by Gasteiger charge is -2.45. The minimum absolute atomic E-state index is 0.0492.